The predicted octanol–water partition coefficient (Wildman–Crippen LogP) is 3.05. The van der Waals surface area contributed by atoms with Crippen LogP contribution in [0.3, 0.4) is 0 Å². The Morgan fingerprint density at radius 2 is 2.11 bits per heavy atom. The Balaban J connectivity index is 2.06. The van der Waals surface area contributed by atoms with Gasteiger partial charge < -0.3 is 10.6 Å². The van der Waals surface area contributed by atoms with Crippen molar-refractivity contribution in [1.29, 1.82) is 0 Å². The number of rotatable bonds is 1. The van der Waals surface area contributed by atoms with Crippen LogP contribution in [0.4, 0.5) is 11.4 Å². The molecule has 2 aromatic rings. The minimum atomic E-state index is 0.389. The molecule has 0 amide bonds. The SMILES string of the molecule is CC1(C)CCN(c2ccc3cnccc3c2N)C1. The van der Waals surface area contributed by atoms with Crippen molar-refractivity contribution in [2.45, 2.75) is 20.3 Å². The number of nitrogens with zero attached hydrogens (tertiary/aromatic N) is 2. The Morgan fingerprint density at radius 1 is 1.28 bits per heavy atom. The van der Waals surface area contributed by atoms with Gasteiger partial charge in [0.15, 0.2) is 0 Å². The third-order valence-electron chi connectivity index (χ3n) is 3.86. The summed E-state index contributed by atoms with van der Waals surface area (Å²) in [6.45, 7) is 6.80. The van der Waals surface area contributed by atoms with Crippen molar-refractivity contribution in [2.75, 3.05) is 23.7 Å². The molecule has 0 saturated carbocycles. The maximum Gasteiger partial charge on any atom is 0.0632 e. The van der Waals surface area contributed by atoms with E-state index in [9.17, 15) is 0 Å². The zero-order valence-corrected chi connectivity index (χ0v) is 11.0. The molecule has 1 aromatic heterocycles. The van der Waals surface area contributed by atoms with E-state index in [0.717, 1.165) is 29.5 Å². The Morgan fingerprint density at radius 3 is 2.83 bits per heavy atom. The topological polar surface area (TPSA) is 42.2 Å². The molecule has 0 spiro atoms. The molecule has 3 heteroatoms. The van der Waals surface area contributed by atoms with Crippen LogP contribution < -0.4 is 10.6 Å². The summed E-state index contributed by atoms with van der Waals surface area (Å²) in [5.41, 5.74) is 8.75. The van der Waals surface area contributed by atoms with Crippen molar-refractivity contribution in [3.05, 3.63) is 30.6 Å². The predicted molar refractivity (Wildman–Crippen MR) is 76.8 cm³/mol. The van der Waals surface area contributed by atoms with E-state index in [1.807, 2.05) is 12.3 Å². The van der Waals surface area contributed by atoms with Gasteiger partial charge in [-0.15, -0.1) is 0 Å². The van der Waals surface area contributed by atoms with E-state index in [2.05, 4.69) is 35.9 Å². The molecule has 2 heterocycles. The lowest BCUT2D eigenvalue weighted by Crippen LogP contribution is -2.23. The van der Waals surface area contributed by atoms with Crippen molar-refractivity contribution in [1.82, 2.24) is 4.98 Å². The van der Waals surface area contributed by atoms with Crippen molar-refractivity contribution >= 4 is 22.1 Å². The minimum absolute atomic E-state index is 0.389. The van der Waals surface area contributed by atoms with E-state index in [0.29, 0.717) is 5.41 Å². The molecule has 1 fully saturated rings. The molecule has 1 aromatic carbocycles. The van der Waals surface area contributed by atoms with Gasteiger partial charge in [0.05, 0.1) is 11.4 Å². The molecular weight excluding hydrogens is 222 g/mol. The van der Waals surface area contributed by atoms with Gasteiger partial charge >= 0.3 is 0 Å². The summed E-state index contributed by atoms with van der Waals surface area (Å²) < 4.78 is 0. The van der Waals surface area contributed by atoms with Crippen LogP contribution in [0, 0.1) is 5.41 Å². The van der Waals surface area contributed by atoms with E-state index in [1.165, 1.54) is 12.1 Å². The fraction of sp³-hybridized carbons (Fsp3) is 0.400. The van der Waals surface area contributed by atoms with E-state index >= 15 is 0 Å². The second kappa shape index (κ2) is 3.87. The molecule has 0 atom stereocenters. The number of hydrogen-bond donors (Lipinski definition) is 1. The quantitative estimate of drug-likeness (QED) is 0.780. The number of nitrogen functional groups attached to an aromatic ring is 1. The third kappa shape index (κ3) is 1.80. The zero-order valence-electron chi connectivity index (χ0n) is 11.0. The lowest BCUT2D eigenvalue weighted by Gasteiger charge is -2.23. The number of anilines is 2. The lowest BCUT2D eigenvalue weighted by molar-refractivity contribution is 0.418. The van der Waals surface area contributed by atoms with Gasteiger partial charge in [0, 0.05) is 36.3 Å². The van der Waals surface area contributed by atoms with E-state index < -0.39 is 0 Å². The molecule has 1 aliphatic rings. The highest BCUT2D eigenvalue weighted by Crippen LogP contribution is 2.37. The lowest BCUT2D eigenvalue weighted by atomic mass is 9.93. The van der Waals surface area contributed by atoms with Gasteiger partial charge in [-0.05, 0) is 24.0 Å². The molecule has 1 aliphatic heterocycles. The zero-order chi connectivity index (χ0) is 12.8. The number of nitrogens with two attached hydrogens (primary N) is 1. The van der Waals surface area contributed by atoms with Crippen LogP contribution in [-0.2, 0) is 0 Å². The summed E-state index contributed by atoms with van der Waals surface area (Å²) >= 11 is 0. The molecule has 3 nitrogen and oxygen atoms in total. The highest BCUT2D eigenvalue weighted by Gasteiger charge is 2.30. The molecule has 0 unspecified atom stereocenters. The summed E-state index contributed by atoms with van der Waals surface area (Å²) in [5, 5.41) is 2.21. The van der Waals surface area contributed by atoms with Gasteiger partial charge in [-0.1, -0.05) is 19.9 Å². The van der Waals surface area contributed by atoms with Crippen LogP contribution >= 0.6 is 0 Å². The number of aromatic nitrogens is 1. The average Bonchev–Trinajstić information content (AvgIpc) is 2.70. The Hall–Kier alpha value is -1.77. The third-order valence-corrected chi connectivity index (χ3v) is 3.86. The van der Waals surface area contributed by atoms with Crippen LogP contribution in [0.2, 0.25) is 0 Å². The van der Waals surface area contributed by atoms with Crippen LogP contribution in [-0.4, -0.2) is 18.1 Å². The Labute approximate surface area is 108 Å². The van der Waals surface area contributed by atoms with Crippen molar-refractivity contribution in [3.8, 4) is 0 Å². The van der Waals surface area contributed by atoms with Gasteiger partial charge in [-0.2, -0.15) is 0 Å². The standard InChI is InChI=1S/C15H19N3/c1-15(2)6-8-18(10-15)13-4-3-11-9-17-7-5-12(11)14(13)16/h3-5,7,9H,6,8,10,16H2,1-2H3. The summed E-state index contributed by atoms with van der Waals surface area (Å²) in [6, 6.07) is 6.23. The fourth-order valence-electron chi connectivity index (χ4n) is 2.78. The van der Waals surface area contributed by atoms with Crippen LogP contribution in [0.15, 0.2) is 30.6 Å². The van der Waals surface area contributed by atoms with Gasteiger partial charge in [0.25, 0.3) is 0 Å². The van der Waals surface area contributed by atoms with Crippen LogP contribution in [0.1, 0.15) is 20.3 Å². The maximum atomic E-state index is 6.32. The monoisotopic (exact) mass is 241 g/mol. The summed E-state index contributed by atoms with van der Waals surface area (Å²) in [6.07, 6.45) is 4.89. The molecule has 1 saturated heterocycles. The molecule has 2 N–H and O–H groups in total. The van der Waals surface area contributed by atoms with E-state index in [-0.39, 0.29) is 0 Å². The second-order valence-electron chi connectivity index (χ2n) is 5.93. The Kier molecular flexibility index (Phi) is 2.44. The molecule has 94 valence electrons. The fourth-order valence-corrected chi connectivity index (χ4v) is 2.78. The minimum Gasteiger partial charge on any atom is -0.397 e. The molecule has 18 heavy (non-hydrogen) atoms. The van der Waals surface area contributed by atoms with E-state index in [1.54, 1.807) is 6.20 Å². The molecule has 0 radical (unpaired) electrons. The number of benzene rings is 1. The van der Waals surface area contributed by atoms with E-state index in [4.69, 9.17) is 5.73 Å². The highest BCUT2D eigenvalue weighted by atomic mass is 15.2. The first kappa shape index (κ1) is 11.3. The number of pyridine rings is 1. The first-order chi connectivity index (χ1) is 8.57. The van der Waals surface area contributed by atoms with Crippen molar-refractivity contribution in [2.24, 2.45) is 5.41 Å². The van der Waals surface area contributed by atoms with Gasteiger partial charge in [0.2, 0.25) is 0 Å². The van der Waals surface area contributed by atoms with Gasteiger partial charge in [0.1, 0.15) is 0 Å². The van der Waals surface area contributed by atoms with Crippen molar-refractivity contribution < 1.29 is 0 Å². The van der Waals surface area contributed by atoms with Gasteiger partial charge in [-0.3, -0.25) is 4.98 Å². The molecule has 3 rings (SSSR count). The van der Waals surface area contributed by atoms with Crippen LogP contribution in [0.25, 0.3) is 10.8 Å². The summed E-state index contributed by atoms with van der Waals surface area (Å²) in [5.74, 6) is 0. The number of fused-ring (bicyclic) bond motifs is 1. The van der Waals surface area contributed by atoms with Crippen LogP contribution in [0.5, 0.6) is 0 Å². The van der Waals surface area contributed by atoms with Crippen molar-refractivity contribution in [3.63, 3.8) is 0 Å². The average molecular weight is 241 g/mol. The Bertz CT molecular complexity index is 589. The highest BCUT2D eigenvalue weighted by molar-refractivity contribution is 5.98. The first-order valence-electron chi connectivity index (χ1n) is 6.44. The summed E-state index contributed by atoms with van der Waals surface area (Å²) in [4.78, 5) is 6.53. The molecule has 0 aliphatic carbocycles. The smallest absolute Gasteiger partial charge is 0.0632 e. The number of hydrogen-bond acceptors (Lipinski definition) is 3. The first-order valence-corrected chi connectivity index (χ1v) is 6.44. The molecule has 0 bridgehead atoms. The van der Waals surface area contributed by atoms with Gasteiger partial charge in [-0.25, -0.2) is 0 Å². The largest absolute Gasteiger partial charge is 0.397 e. The summed E-state index contributed by atoms with van der Waals surface area (Å²) in [7, 11) is 0. The second-order valence-corrected chi connectivity index (χ2v) is 5.93. The normalized spacial score (nSPS) is 18.4. The molecular formula is C15H19N3. The maximum absolute atomic E-state index is 6.32.